The van der Waals surface area contributed by atoms with Crippen LogP contribution in [0.1, 0.15) is 10.4 Å². The zero-order valence-corrected chi connectivity index (χ0v) is 12.7. The number of thioether (sulfide) groups is 1. The number of carbonyl (C=O) groups excluding carboxylic acids is 2. The van der Waals surface area contributed by atoms with Crippen LogP contribution in [0.2, 0.25) is 5.02 Å². The van der Waals surface area contributed by atoms with E-state index < -0.39 is 0 Å². The van der Waals surface area contributed by atoms with Gasteiger partial charge in [-0.1, -0.05) is 11.6 Å². The minimum atomic E-state index is 0.0276. The first-order chi connectivity index (χ1) is 9.66. The van der Waals surface area contributed by atoms with Gasteiger partial charge < -0.3 is 10.2 Å². The van der Waals surface area contributed by atoms with Crippen LogP contribution < -0.4 is 5.32 Å². The van der Waals surface area contributed by atoms with E-state index in [1.54, 1.807) is 24.3 Å². The average Bonchev–Trinajstić information content (AvgIpc) is 2.48. The smallest absolute Gasteiger partial charge is 0.232 e. The third-order valence-corrected chi connectivity index (χ3v) is 4.26. The van der Waals surface area contributed by atoms with E-state index in [1.165, 1.54) is 11.8 Å². The van der Waals surface area contributed by atoms with Crippen molar-refractivity contribution in [3.63, 3.8) is 0 Å². The van der Waals surface area contributed by atoms with Crippen molar-refractivity contribution in [1.82, 2.24) is 10.2 Å². The second-order valence-corrected chi connectivity index (χ2v) is 5.98. The highest BCUT2D eigenvalue weighted by molar-refractivity contribution is 8.00. The standard InChI is InChI=1S/C14H17ClN2O2S/c15-12-3-1-11(2-4-12)13(18)9-20-10-14(19)17-7-5-16-6-8-17/h1-4,16H,5-10H2. The second-order valence-electron chi connectivity index (χ2n) is 4.55. The van der Waals surface area contributed by atoms with Crippen LogP contribution in [0.25, 0.3) is 0 Å². The van der Waals surface area contributed by atoms with Crippen LogP contribution in [0.5, 0.6) is 0 Å². The van der Waals surface area contributed by atoms with Crippen LogP contribution in [-0.2, 0) is 4.79 Å². The molecule has 4 nitrogen and oxygen atoms in total. The molecule has 1 saturated heterocycles. The van der Waals surface area contributed by atoms with Crippen molar-refractivity contribution in [1.29, 1.82) is 0 Å². The highest BCUT2D eigenvalue weighted by Crippen LogP contribution is 2.13. The number of carbonyl (C=O) groups is 2. The molecule has 0 saturated carbocycles. The molecule has 1 aromatic carbocycles. The van der Waals surface area contributed by atoms with Gasteiger partial charge in [0.2, 0.25) is 5.91 Å². The number of amides is 1. The topological polar surface area (TPSA) is 49.4 Å². The molecule has 1 fully saturated rings. The van der Waals surface area contributed by atoms with E-state index in [4.69, 9.17) is 11.6 Å². The molecule has 0 radical (unpaired) electrons. The van der Waals surface area contributed by atoms with Gasteiger partial charge in [-0.05, 0) is 24.3 Å². The van der Waals surface area contributed by atoms with Gasteiger partial charge in [0.25, 0.3) is 0 Å². The molecule has 20 heavy (non-hydrogen) atoms. The van der Waals surface area contributed by atoms with Crippen LogP contribution in [0.15, 0.2) is 24.3 Å². The lowest BCUT2D eigenvalue weighted by Crippen LogP contribution is -2.47. The Balaban J connectivity index is 1.73. The number of piperazine rings is 1. The molecule has 6 heteroatoms. The minimum Gasteiger partial charge on any atom is -0.339 e. The van der Waals surface area contributed by atoms with Crippen molar-refractivity contribution >= 4 is 35.1 Å². The third-order valence-electron chi connectivity index (χ3n) is 3.09. The fourth-order valence-corrected chi connectivity index (χ4v) is 2.89. The number of Topliss-reactive ketones (excluding diaryl/α,β-unsaturated/α-hetero) is 1. The molecule has 1 aliphatic rings. The predicted octanol–water partition coefficient (Wildman–Crippen LogP) is 1.69. The van der Waals surface area contributed by atoms with Crippen molar-refractivity contribution in [2.45, 2.75) is 0 Å². The normalized spacial score (nSPS) is 15.2. The summed E-state index contributed by atoms with van der Waals surface area (Å²) in [6.07, 6.45) is 0. The van der Waals surface area contributed by atoms with Crippen molar-refractivity contribution in [2.24, 2.45) is 0 Å². The summed E-state index contributed by atoms with van der Waals surface area (Å²) in [6.45, 7) is 3.20. The molecule has 1 aromatic rings. The molecular weight excluding hydrogens is 296 g/mol. The number of halogens is 1. The Kier molecular flexibility index (Phi) is 5.88. The Morgan fingerprint density at radius 3 is 2.45 bits per heavy atom. The number of rotatable bonds is 5. The molecule has 0 unspecified atom stereocenters. The molecule has 0 spiro atoms. The van der Waals surface area contributed by atoms with Gasteiger partial charge in [-0.25, -0.2) is 0 Å². The van der Waals surface area contributed by atoms with E-state index in [2.05, 4.69) is 5.32 Å². The number of hydrogen-bond donors (Lipinski definition) is 1. The van der Waals surface area contributed by atoms with Crippen LogP contribution in [0.4, 0.5) is 0 Å². The number of hydrogen-bond acceptors (Lipinski definition) is 4. The van der Waals surface area contributed by atoms with Crippen LogP contribution in [0.3, 0.4) is 0 Å². The largest absolute Gasteiger partial charge is 0.339 e. The molecule has 0 aromatic heterocycles. The summed E-state index contributed by atoms with van der Waals surface area (Å²) in [7, 11) is 0. The average molecular weight is 313 g/mol. The SMILES string of the molecule is O=C(CSCC(=O)N1CCNCC1)c1ccc(Cl)cc1. The molecule has 0 atom stereocenters. The lowest BCUT2D eigenvalue weighted by atomic mass is 10.1. The second kappa shape index (κ2) is 7.67. The maximum atomic E-state index is 11.9. The highest BCUT2D eigenvalue weighted by Gasteiger charge is 2.16. The summed E-state index contributed by atoms with van der Waals surface area (Å²) in [5.74, 6) is 0.818. The fraction of sp³-hybridized carbons (Fsp3) is 0.429. The summed E-state index contributed by atoms with van der Waals surface area (Å²) in [4.78, 5) is 25.7. The zero-order chi connectivity index (χ0) is 14.4. The van der Waals surface area contributed by atoms with E-state index in [0.717, 1.165) is 26.2 Å². The van der Waals surface area contributed by atoms with Gasteiger partial charge in [0, 0.05) is 36.8 Å². The first-order valence-corrected chi connectivity index (χ1v) is 8.05. The fourth-order valence-electron chi connectivity index (χ4n) is 1.96. The summed E-state index contributed by atoms with van der Waals surface area (Å²) < 4.78 is 0. The molecule has 108 valence electrons. The van der Waals surface area contributed by atoms with Crippen molar-refractivity contribution in [3.8, 4) is 0 Å². The van der Waals surface area contributed by atoms with Gasteiger partial charge >= 0.3 is 0 Å². The van der Waals surface area contributed by atoms with E-state index in [9.17, 15) is 9.59 Å². The molecule has 2 rings (SSSR count). The molecule has 0 bridgehead atoms. The maximum Gasteiger partial charge on any atom is 0.232 e. The zero-order valence-electron chi connectivity index (χ0n) is 11.1. The highest BCUT2D eigenvalue weighted by atomic mass is 35.5. The molecule has 1 heterocycles. The third kappa shape index (κ3) is 4.51. The quantitative estimate of drug-likeness (QED) is 0.841. The number of benzene rings is 1. The lowest BCUT2D eigenvalue weighted by molar-refractivity contribution is -0.128. The predicted molar refractivity (Wildman–Crippen MR) is 82.6 cm³/mol. The minimum absolute atomic E-state index is 0.0276. The van der Waals surface area contributed by atoms with Crippen molar-refractivity contribution in [3.05, 3.63) is 34.9 Å². The first kappa shape index (κ1) is 15.4. The Bertz CT molecular complexity index is 473. The van der Waals surface area contributed by atoms with Gasteiger partial charge in [-0.2, -0.15) is 0 Å². The number of ketones is 1. The first-order valence-electron chi connectivity index (χ1n) is 6.52. The molecule has 1 aliphatic heterocycles. The monoisotopic (exact) mass is 312 g/mol. The van der Waals surface area contributed by atoms with Crippen LogP contribution in [-0.4, -0.2) is 54.3 Å². The van der Waals surface area contributed by atoms with E-state index in [-0.39, 0.29) is 11.7 Å². The van der Waals surface area contributed by atoms with Crippen LogP contribution >= 0.6 is 23.4 Å². The maximum absolute atomic E-state index is 11.9. The van der Waals surface area contributed by atoms with E-state index in [1.807, 2.05) is 4.90 Å². The number of nitrogens with one attached hydrogen (secondary N) is 1. The lowest BCUT2D eigenvalue weighted by Gasteiger charge is -2.27. The van der Waals surface area contributed by atoms with Crippen molar-refractivity contribution < 1.29 is 9.59 Å². The molecule has 1 amide bonds. The Morgan fingerprint density at radius 2 is 1.80 bits per heavy atom. The summed E-state index contributed by atoms with van der Waals surface area (Å²) in [5, 5.41) is 3.82. The number of nitrogens with zero attached hydrogens (tertiary/aromatic N) is 1. The van der Waals surface area contributed by atoms with Gasteiger partial charge in [-0.15, -0.1) is 11.8 Å². The van der Waals surface area contributed by atoms with Crippen molar-refractivity contribution in [2.75, 3.05) is 37.7 Å². The van der Waals surface area contributed by atoms with E-state index in [0.29, 0.717) is 22.1 Å². The Hall–Kier alpha value is -1.04. The molecule has 0 aliphatic carbocycles. The summed E-state index contributed by atoms with van der Waals surface area (Å²) in [5.41, 5.74) is 0.636. The molecular formula is C14H17ClN2O2S. The Labute approximate surface area is 127 Å². The molecule has 1 N–H and O–H groups in total. The summed E-state index contributed by atoms with van der Waals surface area (Å²) in [6, 6.07) is 6.82. The summed E-state index contributed by atoms with van der Waals surface area (Å²) >= 11 is 7.14. The van der Waals surface area contributed by atoms with Gasteiger partial charge in [-0.3, -0.25) is 9.59 Å². The van der Waals surface area contributed by atoms with Gasteiger partial charge in [0.1, 0.15) is 0 Å². The Morgan fingerprint density at radius 1 is 1.15 bits per heavy atom. The van der Waals surface area contributed by atoms with Crippen LogP contribution in [0, 0.1) is 0 Å². The van der Waals surface area contributed by atoms with Gasteiger partial charge in [0.05, 0.1) is 11.5 Å². The van der Waals surface area contributed by atoms with E-state index >= 15 is 0 Å². The van der Waals surface area contributed by atoms with Gasteiger partial charge in [0.15, 0.2) is 5.78 Å².